The molecule has 9 N–H and O–H groups in total. The number of carbonyl (C=O) groups is 5. The summed E-state index contributed by atoms with van der Waals surface area (Å²) in [7, 11) is 1.39. The number of rotatable bonds is 11. The molecule has 1 aliphatic rings. The van der Waals surface area contributed by atoms with Crippen molar-refractivity contribution in [2.75, 3.05) is 26.7 Å². The molecule has 0 radical (unpaired) electrons. The van der Waals surface area contributed by atoms with Gasteiger partial charge in [-0.3, -0.25) is 24.2 Å². The van der Waals surface area contributed by atoms with E-state index in [-0.39, 0.29) is 60.4 Å². The van der Waals surface area contributed by atoms with Gasteiger partial charge in [-0.25, -0.2) is 4.79 Å². The van der Waals surface area contributed by atoms with Crippen molar-refractivity contribution in [1.29, 1.82) is 0 Å². The number of nitrogens with one attached hydrogen (secondary N) is 3. The van der Waals surface area contributed by atoms with E-state index in [1.807, 2.05) is 18.2 Å². The summed E-state index contributed by atoms with van der Waals surface area (Å²) >= 11 is 0. The van der Waals surface area contributed by atoms with Crippen LogP contribution >= 0.6 is 0 Å². The fraction of sp³-hybridized carbons (Fsp3) is 0.378. The van der Waals surface area contributed by atoms with E-state index in [1.165, 1.54) is 25.6 Å². The number of aromatic nitrogens is 1. The lowest BCUT2D eigenvalue weighted by Gasteiger charge is -2.32. The average molecular weight is 822 g/mol. The summed E-state index contributed by atoms with van der Waals surface area (Å²) in [5, 5.41) is 29.0. The number of amides is 4. The average Bonchev–Trinajstić information content (AvgIpc) is 3.19. The van der Waals surface area contributed by atoms with Gasteiger partial charge in [0.2, 0.25) is 17.7 Å². The topological polar surface area (TPSA) is 239 Å². The molecule has 0 fully saturated rings. The number of hydrogen-bond acceptors (Lipinski definition) is 10. The van der Waals surface area contributed by atoms with Gasteiger partial charge >= 0.3 is 5.97 Å². The molecular formula is C45H55N7O8. The van der Waals surface area contributed by atoms with Crippen LogP contribution in [0.2, 0.25) is 0 Å². The van der Waals surface area contributed by atoms with Crippen molar-refractivity contribution in [1.82, 2.24) is 25.8 Å². The highest BCUT2D eigenvalue weighted by atomic mass is 16.5. The molecule has 2 heterocycles. The fourth-order valence-electron chi connectivity index (χ4n) is 7.28. The SMILES string of the molecule is Cc1cc(-c2ccc(C(C)(C)C)cc2)nc(C)c1C(=O)NC(CCN)C(=O)N(C)C1C(=O)NC(C)C(=O)NC(C(=O)O)Cc2ccc(O)c(c2)-c2cc1ccc2OCCN. The summed E-state index contributed by atoms with van der Waals surface area (Å²) < 4.78 is 5.94. The highest BCUT2D eigenvalue weighted by molar-refractivity contribution is 6.01. The molecule has 60 heavy (non-hydrogen) atoms. The van der Waals surface area contributed by atoms with Crippen molar-refractivity contribution in [3.8, 4) is 33.9 Å². The Hall–Kier alpha value is -6.32. The van der Waals surface area contributed by atoms with Crippen molar-refractivity contribution in [3.63, 3.8) is 0 Å². The molecule has 3 aromatic carbocycles. The maximum atomic E-state index is 14.5. The number of aromatic hydroxyl groups is 1. The van der Waals surface area contributed by atoms with Gasteiger partial charge in [-0.2, -0.15) is 0 Å². The number of nitrogens with two attached hydrogens (primary N) is 2. The minimum absolute atomic E-state index is 0.00992. The van der Waals surface area contributed by atoms with Gasteiger partial charge < -0.3 is 47.3 Å². The summed E-state index contributed by atoms with van der Waals surface area (Å²) in [5.74, 6) is -3.95. The van der Waals surface area contributed by atoms with Gasteiger partial charge in [0.25, 0.3) is 5.91 Å². The summed E-state index contributed by atoms with van der Waals surface area (Å²) in [6, 6.07) is 14.0. The molecule has 1 aliphatic heterocycles. The Bertz CT molecular complexity index is 2250. The van der Waals surface area contributed by atoms with Crippen molar-refractivity contribution >= 4 is 29.6 Å². The maximum absolute atomic E-state index is 14.5. The number of aryl methyl sites for hydroxylation is 2. The zero-order valence-electron chi connectivity index (χ0n) is 35.1. The minimum atomic E-state index is -1.41. The predicted molar refractivity (Wildman–Crippen MR) is 227 cm³/mol. The van der Waals surface area contributed by atoms with Crippen LogP contribution in [0.3, 0.4) is 0 Å². The van der Waals surface area contributed by atoms with Crippen LogP contribution < -0.4 is 32.2 Å². The first-order chi connectivity index (χ1) is 28.3. The third kappa shape index (κ3) is 10.1. The van der Waals surface area contributed by atoms with E-state index in [4.69, 9.17) is 21.2 Å². The molecule has 4 unspecified atom stereocenters. The molecule has 4 aromatic rings. The van der Waals surface area contributed by atoms with E-state index in [0.29, 0.717) is 33.8 Å². The van der Waals surface area contributed by atoms with Gasteiger partial charge in [0.15, 0.2) is 0 Å². The second kappa shape index (κ2) is 18.7. The number of phenols is 1. The lowest BCUT2D eigenvalue weighted by atomic mass is 9.86. The molecule has 1 aromatic heterocycles. The van der Waals surface area contributed by atoms with Crippen LogP contribution in [0.4, 0.5) is 0 Å². The number of likely N-dealkylation sites (N-methyl/N-ethyl adjacent to an activating group) is 1. The van der Waals surface area contributed by atoms with E-state index < -0.39 is 53.8 Å². The number of nitrogens with zero attached hydrogens (tertiary/aromatic N) is 2. The van der Waals surface area contributed by atoms with Gasteiger partial charge in [0.05, 0.1) is 17.0 Å². The monoisotopic (exact) mass is 821 g/mol. The smallest absolute Gasteiger partial charge is 0.326 e. The molecule has 0 saturated heterocycles. The van der Waals surface area contributed by atoms with Crippen molar-refractivity contribution in [2.45, 2.75) is 84.0 Å². The van der Waals surface area contributed by atoms with Crippen molar-refractivity contribution < 1.29 is 38.9 Å². The zero-order valence-corrected chi connectivity index (χ0v) is 35.1. The van der Waals surface area contributed by atoms with E-state index >= 15 is 0 Å². The Morgan fingerprint density at radius 1 is 0.950 bits per heavy atom. The van der Waals surface area contributed by atoms with Gasteiger partial charge in [0, 0.05) is 36.7 Å². The Kier molecular flexibility index (Phi) is 14.0. The number of benzene rings is 3. The van der Waals surface area contributed by atoms with E-state index in [1.54, 1.807) is 44.2 Å². The highest BCUT2D eigenvalue weighted by Gasteiger charge is 2.36. The summed E-state index contributed by atoms with van der Waals surface area (Å²) in [6.45, 7) is 11.6. The van der Waals surface area contributed by atoms with Crippen LogP contribution in [0.25, 0.3) is 22.4 Å². The van der Waals surface area contributed by atoms with Crippen LogP contribution in [0, 0.1) is 13.8 Å². The number of hydrogen-bond donors (Lipinski definition) is 7. The Balaban J connectivity index is 1.53. The molecule has 15 heteroatoms. The molecule has 0 aliphatic carbocycles. The number of aliphatic carboxylic acids is 1. The molecule has 4 atom stereocenters. The van der Waals surface area contributed by atoms with Crippen molar-refractivity contribution in [2.24, 2.45) is 11.5 Å². The molecule has 15 nitrogen and oxygen atoms in total. The predicted octanol–water partition coefficient (Wildman–Crippen LogP) is 3.65. The van der Waals surface area contributed by atoms with Crippen molar-refractivity contribution in [3.05, 3.63) is 100 Å². The van der Waals surface area contributed by atoms with Crippen LogP contribution in [0.15, 0.2) is 66.7 Å². The molecule has 4 bridgehead atoms. The van der Waals surface area contributed by atoms with Crippen LogP contribution in [-0.4, -0.2) is 94.6 Å². The molecular weight excluding hydrogens is 767 g/mol. The summed E-state index contributed by atoms with van der Waals surface area (Å²) in [4.78, 5) is 74.3. The second-order valence-corrected chi connectivity index (χ2v) is 16.1. The maximum Gasteiger partial charge on any atom is 0.326 e. The number of pyridine rings is 1. The third-order valence-electron chi connectivity index (χ3n) is 10.6. The molecule has 4 amide bonds. The van der Waals surface area contributed by atoms with Gasteiger partial charge in [-0.1, -0.05) is 57.2 Å². The first-order valence-corrected chi connectivity index (χ1v) is 19.8. The number of ether oxygens (including phenoxy) is 1. The van der Waals surface area contributed by atoms with Gasteiger partial charge in [-0.05, 0) is 91.7 Å². The Morgan fingerprint density at radius 2 is 1.65 bits per heavy atom. The lowest BCUT2D eigenvalue weighted by Crippen LogP contribution is -2.55. The Labute approximate surface area is 349 Å². The van der Waals surface area contributed by atoms with E-state index in [0.717, 1.165) is 10.5 Å². The van der Waals surface area contributed by atoms with E-state index in [9.17, 15) is 34.2 Å². The van der Waals surface area contributed by atoms with Crippen LogP contribution in [0.5, 0.6) is 11.5 Å². The highest BCUT2D eigenvalue weighted by Crippen LogP contribution is 2.39. The summed E-state index contributed by atoms with van der Waals surface area (Å²) in [5.41, 5.74) is 17.2. The van der Waals surface area contributed by atoms with E-state index in [2.05, 4.69) is 48.9 Å². The first-order valence-electron chi connectivity index (χ1n) is 19.8. The molecule has 318 valence electrons. The normalized spacial score (nSPS) is 17.4. The zero-order chi connectivity index (χ0) is 44.1. The third-order valence-corrected chi connectivity index (χ3v) is 10.6. The Morgan fingerprint density at radius 3 is 2.27 bits per heavy atom. The minimum Gasteiger partial charge on any atom is -0.507 e. The number of phenolic OH excluding ortho intramolecular Hbond substituents is 1. The number of carboxylic acids is 1. The summed E-state index contributed by atoms with van der Waals surface area (Å²) in [6.07, 6.45) is -0.118. The number of carboxylic acid groups (broad SMARTS) is 1. The molecule has 0 spiro atoms. The van der Waals surface area contributed by atoms with Crippen LogP contribution in [0.1, 0.15) is 78.5 Å². The molecule has 0 saturated carbocycles. The first kappa shape index (κ1) is 44.8. The largest absolute Gasteiger partial charge is 0.507 e. The van der Waals surface area contributed by atoms with Gasteiger partial charge in [-0.15, -0.1) is 0 Å². The van der Waals surface area contributed by atoms with Crippen LogP contribution in [-0.2, 0) is 31.0 Å². The standard InChI is InChI=1S/C45H55N7O8/c1-24-20-34(28-9-12-30(13-10-28)45(4,5)6)48-25(2)38(24)41(55)50-33(16-17-46)43(57)52(7)39-29-11-15-37(60-19-18-47)32(23-29)31-21-27(8-14-36(31)53)22-35(44(58)59)51-40(54)26(3)49-42(39)56/h8-15,20-21,23,26,33,35,39,53H,16-19,22,46-47H2,1-7H3,(H,49,56)(H,50,55)(H,51,54)(H,58,59). The van der Waals surface area contributed by atoms with Gasteiger partial charge in [0.1, 0.15) is 42.3 Å². The lowest BCUT2D eigenvalue weighted by molar-refractivity contribution is -0.143. The number of carbonyl (C=O) groups excluding carboxylic acids is 4. The molecule has 5 rings (SSSR count). The number of fused-ring (bicyclic) bond motifs is 5. The quantitative estimate of drug-likeness (QED) is 0.115. The second-order valence-electron chi connectivity index (χ2n) is 16.1. The fourth-order valence-corrected chi connectivity index (χ4v) is 7.28.